The van der Waals surface area contributed by atoms with E-state index in [2.05, 4.69) is 4.99 Å². The van der Waals surface area contributed by atoms with Gasteiger partial charge in [0.25, 0.3) is 6.43 Å². The maximum Gasteiger partial charge on any atom is 0.475 e. The van der Waals surface area contributed by atoms with Crippen molar-refractivity contribution in [2.75, 3.05) is 13.3 Å². The average Bonchev–Trinajstić information content (AvgIpc) is 2.81. The average molecular weight is 383 g/mol. The molecule has 5 atom stereocenters. The lowest BCUT2D eigenvalue weighted by molar-refractivity contribution is -0.212. The molecule has 0 aliphatic carbocycles. The zero-order chi connectivity index (χ0) is 18.4. The molecule has 3 aliphatic rings. The third-order valence-corrected chi connectivity index (χ3v) is 5.62. The van der Waals surface area contributed by atoms with Crippen molar-refractivity contribution in [2.24, 2.45) is 10.7 Å². The molecule has 2 saturated heterocycles. The van der Waals surface area contributed by atoms with E-state index in [1.165, 1.54) is 17.2 Å². The second kappa shape index (κ2) is 6.57. The maximum absolute atomic E-state index is 13.7. The molecular weight excluding hydrogens is 363 g/mol. The number of alkyl halides is 2. The molecule has 3 aliphatic heterocycles. The van der Waals surface area contributed by atoms with Crippen LogP contribution in [0.1, 0.15) is 13.8 Å². The van der Waals surface area contributed by atoms with Crippen LogP contribution in [0.3, 0.4) is 0 Å². The molecule has 9 nitrogen and oxygen atoms in total. The number of nitrogens with two attached hydrogens (primary N) is 1. The van der Waals surface area contributed by atoms with Crippen LogP contribution < -0.4 is 5.73 Å². The summed E-state index contributed by atoms with van der Waals surface area (Å²) in [7, 11) is -4.09. The van der Waals surface area contributed by atoms with E-state index >= 15 is 0 Å². The van der Waals surface area contributed by atoms with Gasteiger partial charge in [-0.05, 0) is 19.9 Å². The minimum atomic E-state index is -4.09. The highest BCUT2D eigenvalue weighted by atomic mass is 31.2. The van der Waals surface area contributed by atoms with Crippen molar-refractivity contribution in [1.82, 2.24) is 4.90 Å². The predicted molar refractivity (Wildman–Crippen MR) is 81.7 cm³/mol. The Kier molecular flexibility index (Phi) is 4.91. The Labute approximate surface area is 143 Å². The lowest BCUT2D eigenvalue weighted by Crippen LogP contribution is -2.56. The van der Waals surface area contributed by atoms with Gasteiger partial charge in [0.05, 0.1) is 12.7 Å². The Morgan fingerprint density at radius 2 is 2.28 bits per heavy atom. The van der Waals surface area contributed by atoms with E-state index in [-0.39, 0.29) is 12.5 Å². The SMILES string of the molecule is CC(C)OP1(=O)OCC2(C(F)F)OC(N3C=CC(N)=NC3)C(O)C2O1. The molecule has 0 bridgehead atoms. The lowest BCUT2D eigenvalue weighted by atomic mass is 9.96. The van der Waals surface area contributed by atoms with Crippen LogP contribution in [0.5, 0.6) is 0 Å². The van der Waals surface area contributed by atoms with Gasteiger partial charge in [-0.1, -0.05) is 0 Å². The van der Waals surface area contributed by atoms with Gasteiger partial charge in [0.15, 0.2) is 11.8 Å². The van der Waals surface area contributed by atoms with Gasteiger partial charge in [0.2, 0.25) is 0 Å². The zero-order valence-corrected chi connectivity index (χ0v) is 14.5. The number of nitrogens with zero attached hydrogens (tertiary/aromatic N) is 2. The maximum atomic E-state index is 13.7. The first-order valence-corrected chi connectivity index (χ1v) is 9.12. The van der Waals surface area contributed by atoms with Crippen LogP contribution in [0.15, 0.2) is 17.3 Å². The number of fused-ring (bicyclic) bond motifs is 1. The number of rotatable bonds is 4. The van der Waals surface area contributed by atoms with Crippen molar-refractivity contribution in [2.45, 2.75) is 50.4 Å². The largest absolute Gasteiger partial charge is 0.475 e. The van der Waals surface area contributed by atoms with Crippen LogP contribution in [0.25, 0.3) is 0 Å². The van der Waals surface area contributed by atoms with E-state index < -0.39 is 51.0 Å². The molecule has 0 amide bonds. The topological polar surface area (TPSA) is 116 Å². The van der Waals surface area contributed by atoms with E-state index in [0.717, 1.165) is 0 Å². The molecular formula is C13H20F2N3O6P. The van der Waals surface area contributed by atoms with Crippen molar-refractivity contribution < 1.29 is 36.8 Å². The number of ether oxygens (including phenoxy) is 1. The van der Waals surface area contributed by atoms with Gasteiger partial charge in [0, 0.05) is 6.20 Å². The van der Waals surface area contributed by atoms with Gasteiger partial charge < -0.3 is 20.5 Å². The monoisotopic (exact) mass is 383 g/mol. The van der Waals surface area contributed by atoms with Gasteiger partial charge in [-0.25, -0.2) is 18.3 Å². The third kappa shape index (κ3) is 3.32. The number of amidine groups is 1. The fourth-order valence-corrected chi connectivity index (χ4v) is 4.46. The molecule has 0 radical (unpaired) electrons. The number of phosphoric acid groups is 1. The number of hydrogen-bond acceptors (Lipinski definition) is 9. The first-order valence-electron chi connectivity index (χ1n) is 7.66. The highest BCUT2D eigenvalue weighted by Gasteiger charge is 2.67. The lowest BCUT2D eigenvalue weighted by Gasteiger charge is -2.39. The molecule has 3 heterocycles. The highest BCUT2D eigenvalue weighted by Crippen LogP contribution is 2.60. The van der Waals surface area contributed by atoms with Crippen molar-refractivity contribution in [3.05, 3.63) is 12.3 Å². The Bertz CT molecular complexity index is 633. The van der Waals surface area contributed by atoms with Crippen LogP contribution >= 0.6 is 7.82 Å². The van der Waals surface area contributed by atoms with E-state index in [1.54, 1.807) is 13.8 Å². The first kappa shape index (κ1) is 18.7. The van der Waals surface area contributed by atoms with Crippen molar-refractivity contribution in [1.29, 1.82) is 0 Å². The van der Waals surface area contributed by atoms with E-state index in [1.807, 2.05) is 0 Å². The molecule has 2 fully saturated rings. The summed E-state index contributed by atoms with van der Waals surface area (Å²) in [6.45, 7) is 2.45. The molecule has 3 rings (SSSR count). The Balaban J connectivity index is 1.85. The number of phosphoric ester groups is 1. The van der Waals surface area contributed by atoms with Gasteiger partial charge in [-0.15, -0.1) is 0 Å². The zero-order valence-electron chi connectivity index (χ0n) is 13.6. The summed E-state index contributed by atoms with van der Waals surface area (Å²) in [5, 5.41) is 10.5. The molecule has 3 N–H and O–H groups in total. The van der Waals surface area contributed by atoms with E-state index in [4.69, 9.17) is 24.0 Å². The van der Waals surface area contributed by atoms with Gasteiger partial charge in [0.1, 0.15) is 24.7 Å². The summed E-state index contributed by atoms with van der Waals surface area (Å²) >= 11 is 0. The van der Waals surface area contributed by atoms with E-state index in [0.29, 0.717) is 0 Å². The third-order valence-electron chi connectivity index (χ3n) is 4.00. The van der Waals surface area contributed by atoms with Crippen LogP contribution in [-0.2, 0) is 22.9 Å². The standard InChI is InChI=1S/C13H20F2N3O6P/c1-7(2)23-25(20)21-5-13(12(14)15)10(24-25)9(19)11(22-13)18-4-3-8(16)17-6-18/h3-4,7,9-12,19H,5-6H2,1-2H3,(H2,16,17). The molecule has 0 spiro atoms. The predicted octanol–water partition coefficient (Wildman–Crippen LogP) is 0.800. The quantitative estimate of drug-likeness (QED) is 0.685. The Morgan fingerprint density at radius 3 is 2.84 bits per heavy atom. The molecule has 5 unspecified atom stereocenters. The fraction of sp³-hybridized carbons (Fsp3) is 0.769. The molecule has 142 valence electrons. The molecule has 0 aromatic heterocycles. The minimum absolute atomic E-state index is 0.0110. The smallest absolute Gasteiger partial charge is 0.386 e. The van der Waals surface area contributed by atoms with Gasteiger partial charge in [-0.2, -0.15) is 0 Å². The first-order chi connectivity index (χ1) is 11.7. The summed E-state index contributed by atoms with van der Waals surface area (Å²) < 4.78 is 60.6. The molecule has 0 aromatic carbocycles. The number of halogens is 2. The van der Waals surface area contributed by atoms with Crippen LogP contribution in [0.2, 0.25) is 0 Å². The summed E-state index contributed by atoms with van der Waals surface area (Å²) in [5.74, 6) is 0.263. The van der Waals surface area contributed by atoms with Crippen molar-refractivity contribution in [3.63, 3.8) is 0 Å². The molecule has 0 aromatic rings. The molecule has 0 saturated carbocycles. The summed E-state index contributed by atoms with van der Waals surface area (Å²) in [6.07, 6.45) is -4.97. The van der Waals surface area contributed by atoms with E-state index in [9.17, 15) is 18.5 Å². The van der Waals surface area contributed by atoms with Crippen LogP contribution in [0, 0.1) is 0 Å². The number of aliphatic hydroxyl groups excluding tert-OH is 1. The summed E-state index contributed by atoms with van der Waals surface area (Å²) in [6, 6.07) is 0. The Hall–Kier alpha value is -1.10. The number of aliphatic hydroxyl groups is 1. The Morgan fingerprint density at radius 1 is 1.56 bits per heavy atom. The van der Waals surface area contributed by atoms with Crippen molar-refractivity contribution in [3.8, 4) is 0 Å². The highest BCUT2D eigenvalue weighted by molar-refractivity contribution is 7.48. The number of aliphatic imine (C=N–C) groups is 1. The minimum Gasteiger partial charge on any atom is -0.386 e. The van der Waals surface area contributed by atoms with Gasteiger partial charge >= 0.3 is 7.82 Å². The molecule has 12 heteroatoms. The summed E-state index contributed by atoms with van der Waals surface area (Å²) in [5.41, 5.74) is 3.25. The van der Waals surface area contributed by atoms with Crippen LogP contribution in [0.4, 0.5) is 8.78 Å². The van der Waals surface area contributed by atoms with Gasteiger partial charge in [-0.3, -0.25) is 13.6 Å². The summed E-state index contributed by atoms with van der Waals surface area (Å²) in [4.78, 5) is 5.34. The molecule has 25 heavy (non-hydrogen) atoms. The van der Waals surface area contributed by atoms with Crippen LogP contribution in [-0.4, -0.2) is 65.7 Å². The number of hydrogen-bond donors (Lipinski definition) is 2. The fourth-order valence-electron chi connectivity index (χ4n) is 2.83. The second-order valence-electron chi connectivity index (χ2n) is 6.21. The van der Waals surface area contributed by atoms with Crippen molar-refractivity contribution >= 4 is 13.7 Å². The normalized spacial score (nSPS) is 41.3. The second-order valence-corrected chi connectivity index (χ2v) is 7.78.